The molecule has 0 saturated carbocycles. The van der Waals surface area contributed by atoms with Crippen LogP contribution < -0.4 is 5.73 Å². The first-order valence-corrected chi connectivity index (χ1v) is 7.06. The average molecular weight is 285 g/mol. The van der Waals surface area contributed by atoms with Crippen LogP contribution in [0.5, 0.6) is 0 Å². The Kier molecular flexibility index (Phi) is 3.62. The number of piperazine rings is 1. The Labute approximate surface area is 123 Å². The Balaban J connectivity index is 1.74. The molecule has 0 spiro atoms. The van der Waals surface area contributed by atoms with Crippen molar-refractivity contribution < 1.29 is 4.79 Å². The number of carbonyl (C=O) groups is 1. The van der Waals surface area contributed by atoms with Gasteiger partial charge < -0.3 is 15.5 Å². The molecule has 2 aromatic rings. The third-order valence-corrected chi connectivity index (χ3v) is 3.92. The largest absolute Gasteiger partial charge is 0.371 e. The van der Waals surface area contributed by atoms with Crippen LogP contribution in [0.3, 0.4) is 0 Å². The third kappa shape index (κ3) is 2.50. The molecule has 6 heteroatoms. The van der Waals surface area contributed by atoms with Crippen molar-refractivity contribution in [2.24, 2.45) is 5.73 Å². The lowest BCUT2D eigenvalue weighted by Crippen LogP contribution is -2.48. The van der Waals surface area contributed by atoms with Gasteiger partial charge in [0, 0.05) is 43.8 Å². The molecule has 1 aliphatic heterocycles. The SMILES string of the molecule is C=C(CN)N1CCN(C(=O)c2n[nH]c3ccccc23)CC1. The number of aromatic nitrogens is 2. The molecule has 0 aliphatic carbocycles. The van der Waals surface area contributed by atoms with Gasteiger partial charge in [-0.05, 0) is 6.07 Å². The van der Waals surface area contributed by atoms with E-state index in [1.165, 1.54) is 0 Å². The van der Waals surface area contributed by atoms with Gasteiger partial charge in [-0.1, -0.05) is 24.8 Å². The Bertz CT molecular complexity index is 670. The minimum atomic E-state index is -0.0227. The van der Waals surface area contributed by atoms with E-state index in [4.69, 9.17) is 5.73 Å². The van der Waals surface area contributed by atoms with Crippen LogP contribution >= 0.6 is 0 Å². The molecule has 21 heavy (non-hydrogen) atoms. The van der Waals surface area contributed by atoms with Crippen molar-refractivity contribution in [2.75, 3.05) is 32.7 Å². The molecule has 6 nitrogen and oxygen atoms in total. The van der Waals surface area contributed by atoms with Crippen LogP contribution in [0.4, 0.5) is 0 Å². The third-order valence-electron chi connectivity index (χ3n) is 3.92. The highest BCUT2D eigenvalue weighted by molar-refractivity contribution is 6.04. The van der Waals surface area contributed by atoms with Gasteiger partial charge in [0.05, 0.1) is 5.52 Å². The van der Waals surface area contributed by atoms with Gasteiger partial charge in [-0.2, -0.15) is 5.10 Å². The van der Waals surface area contributed by atoms with E-state index in [9.17, 15) is 4.79 Å². The Morgan fingerprint density at radius 3 is 2.62 bits per heavy atom. The van der Waals surface area contributed by atoms with Crippen LogP contribution in [0.1, 0.15) is 10.5 Å². The normalized spacial score (nSPS) is 15.5. The molecule has 1 aromatic carbocycles. The number of nitrogens with two attached hydrogens (primary N) is 1. The maximum Gasteiger partial charge on any atom is 0.275 e. The van der Waals surface area contributed by atoms with Gasteiger partial charge in [0.1, 0.15) is 0 Å². The summed E-state index contributed by atoms with van der Waals surface area (Å²) in [6, 6.07) is 7.67. The Morgan fingerprint density at radius 2 is 1.90 bits per heavy atom. The second-order valence-corrected chi connectivity index (χ2v) is 5.17. The van der Waals surface area contributed by atoms with E-state index in [-0.39, 0.29) is 5.91 Å². The Hall–Kier alpha value is -2.34. The number of para-hydroxylation sites is 1. The van der Waals surface area contributed by atoms with Crippen molar-refractivity contribution in [3.8, 4) is 0 Å². The fraction of sp³-hybridized carbons (Fsp3) is 0.333. The molecule has 3 rings (SSSR count). The zero-order chi connectivity index (χ0) is 14.8. The van der Waals surface area contributed by atoms with Crippen molar-refractivity contribution in [1.29, 1.82) is 0 Å². The predicted molar refractivity (Wildman–Crippen MR) is 81.8 cm³/mol. The number of carbonyl (C=O) groups excluding carboxylic acids is 1. The fourth-order valence-electron chi connectivity index (χ4n) is 2.63. The van der Waals surface area contributed by atoms with Crippen molar-refractivity contribution in [1.82, 2.24) is 20.0 Å². The average Bonchev–Trinajstić information content (AvgIpc) is 2.97. The minimum Gasteiger partial charge on any atom is -0.371 e. The van der Waals surface area contributed by atoms with Gasteiger partial charge in [0.15, 0.2) is 5.69 Å². The molecule has 2 heterocycles. The molecule has 3 N–H and O–H groups in total. The van der Waals surface area contributed by atoms with Gasteiger partial charge in [-0.3, -0.25) is 9.89 Å². The van der Waals surface area contributed by atoms with Crippen LogP contribution in [0.15, 0.2) is 36.5 Å². The van der Waals surface area contributed by atoms with E-state index in [2.05, 4.69) is 21.7 Å². The first kappa shape index (κ1) is 13.6. The zero-order valence-corrected chi connectivity index (χ0v) is 11.9. The summed E-state index contributed by atoms with van der Waals surface area (Å²) < 4.78 is 0. The lowest BCUT2D eigenvalue weighted by atomic mass is 10.2. The van der Waals surface area contributed by atoms with E-state index in [1.807, 2.05) is 29.2 Å². The first-order valence-electron chi connectivity index (χ1n) is 7.06. The maximum atomic E-state index is 12.6. The van der Waals surface area contributed by atoms with Gasteiger partial charge in [0.25, 0.3) is 5.91 Å². The number of nitrogens with one attached hydrogen (secondary N) is 1. The highest BCUT2D eigenvalue weighted by Crippen LogP contribution is 2.18. The molecule has 0 unspecified atom stereocenters. The highest BCUT2D eigenvalue weighted by atomic mass is 16.2. The van der Waals surface area contributed by atoms with Crippen LogP contribution in [0, 0.1) is 0 Å². The number of amides is 1. The molecular weight excluding hydrogens is 266 g/mol. The topological polar surface area (TPSA) is 78.2 Å². The lowest BCUT2D eigenvalue weighted by molar-refractivity contribution is 0.0665. The van der Waals surface area contributed by atoms with Crippen molar-refractivity contribution in [3.05, 3.63) is 42.2 Å². The summed E-state index contributed by atoms with van der Waals surface area (Å²) >= 11 is 0. The van der Waals surface area contributed by atoms with E-state index >= 15 is 0 Å². The van der Waals surface area contributed by atoms with E-state index < -0.39 is 0 Å². The number of fused-ring (bicyclic) bond motifs is 1. The summed E-state index contributed by atoms with van der Waals surface area (Å²) in [5.41, 5.74) is 7.91. The predicted octanol–water partition coefficient (Wildman–Crippen LogP) is 0.793. The maximum absolute atomic E-state index is 12.6. The summed E-state index contributed by atoms with van der Waals surface area (Å²) in [7, 11) is 0. The summed E-state index contributed by atoms with van der Waals surface area (Å²) in [6.45, 7) is 7.26. The fourth-order valence-corrected chi connectivity index (χ4v) is 2.63. The number of benzene rings is 1. The lowest BCUT2D eigenvalue weighted by Gasteiger charge is -2.36. The molecule has 0 atom stereocenters. The van der Waals surface area contributed by atoms with Gasteiger partial charge in [-0.25, -0.2) is 0 Å². The van der Waals surface area contributed by atoms with Gasteiger partial charge >= 0.3 is 0 Å². The molecule has 1 fully saturated rings. The smallest absolute Gasteiger partial charge is 0.275 e. The zero-order valence-electron chi connectivity index (χ0n) is 11.9. The molecule has 1 aliphatic rings. The second kappa shape index (κ2) is 5.57. The molecule has 1 amide bonds. The Morgan fingerprint density at radius 1 is 1.24 bits per heavy atom. The van der Waals surface area contributed by atoms with Crippen LogP contribution in [0.25, 0.3) is 10.9 Å². The molecule has 1 saturated heterocycles. The molecule has 110 valence electrons. The summed E-state index contributed by atoms with van der Waals surface area (Å²) in [5, 5.41) is 7.95. The first-order chi connectivity index (χ1) is 10.2. The number of aromatic amines is 1. The highest BCUT2D eigenvalue weighted by Gasteiger charge is 2.25. The molecule has 0 radical (unpaired) electrons. The molecule has 1 aromatic heterocycles. The van der Waals surface area contributed by atoms with E-state index in [0.717, 1.165) is 29.7 Å². The van der Waals surface area contributed by atoms with Gasteiger partial charge in [0.2, 0.25) is 0 Å². The standard InChI is InChI=1S/C15H19N5O/c1-11(10-16)19-6-8-20(9-7-19)15(21)14-12-4-2-3-5-13(12)17-18-14/h2-5H,1,6-10,16H2,(H,17,18). The minimum absolute atomic E-state index is 0.0227. The van der Waals surface area contributed by atoms with Crippen LogP contribution in [-0.4, -0.2) is 58.6 Å². The van der Waals surface area contributed by atoms with Crippen LogP contribution in [0.2, 0.25) is 0 Å². The van der Waals surface area contributed by atoms with Crippen molar-refractivity contribution in [2.45, 2.75) is 0 Å². The summed E-state index contributed by atoms with van der Waals surface area (Å²) in [5.74, 6) is -0.0227. The van der Waals surface area contributed by atoms with E-state index in [1.54, 1.807) is 0 Å². The summed E-state index contributed by atoms with van der Waals surface area (Å²) in [6.07, 6.45) is 0. The number of H-pyrrole nitrogens is 1. The number of nitrogens with zero attached hydrogens (tertiary/aromatic N) is 3. The monoisotopic (exact) mass is 285 g/mol. The number of hydrogen-bond donors (Lipinski definition) is 2. The van der Waals surface area contributed by atoms with E-state index in [0.29, 0.717) is 25.3 Å². The van der Waals surface area contributed by atoms with Crippen LogP contribution in [-0.2, 0) is 0 Å². The quantitative estimate of drug-likeness (QED) is 0.874. The summed E-state index contributed by atoms with van der Waals surface area (Å²) in [4.78, 5) is 16.6. The number of rotatable bonds is 3. The number of hydrogen-bond acceptors (Lipinski definition) is 4. The molecule has 0 bridgehead atoms. The van der Waals surface area contributed by atoms with Crippen molar-refractivity contribution in [3.63, 3.8) is 0 Å². The van der Waals surface area contributed by atoms with Gasteiger partial charge in [-0.15, -0.1) is 0 Å². The second-order valence-electron chi connectivity index (χ2n) is 5.17. The molecular formula is C15H19N5O. The van der Waals surface area contributed by atoms with Crippen molar-refractivity contribution >= 4 is 16.8 Å².